The minimum absolute atomic E-state index is 0.0293. The summed E-state index contributed by atoms with van der Waals surface area (Å²) in [5.41, 5.74) is 2.44. The Morgan fingerprint density at radius 1 is 0.806 bits per heavy atom. The molecule has 0 saturated carbocycles. The molecule has 0 aliphatic carbocycles. The van der Waals surface area contributed by atoms with Crippen LogP contribution in [0.5, 0.6) is 0 Å². The maximum absolute atomic E-state index is 12.9. The zero-order valence-electron chi connectivity index (χ0n) is 16.9. The maximum Gasteiger partial charge on any atom is 0.250 e. The first-order chi connectivity index (χ1) is 15.1. The molecule has 0 aliphatic rings. The average molecular weight is 415 g/mol. The molecular weight excluding hydrogens is 394 g/mol. The summed E-state index contributed by atoms with van der Waals surface area (Å²) in [5, 5.41) is 6.70. The first-order valence-corrected chi connectivity index (χ1v) is 9.76. The number of para-hydroxylation sites is 2. The van der Waals surface area contributed by atoms with Crippen molar-refractivity contribution in [1.82, 2.24) is 4.57 Å². The summed E-state index contributed by atoms with van der Waals surface area (Å²) in [7, 11) is 1.45. The average Bonchev–Trinajstić information content (AvgIpc) is 2.77. The number of benzene rings is 3. The number of hydrogen-bond acceptors (Lipinski definition) is 4. The Bertz CT molecular complexity index is 1280. The van der Waals surface area contributed by atoms with Gasteiger partial charge in [-0.3, -0.25) is 14.4 Å². The molecule has 4 rings (SSSR count). The summed E-state index contributed by atoms with van der Waals surface area (Å²) in [5.74, 6) is -0.531. The number of nitrogens with one attached hydrogen (secondary N) is 2. The lowest BCUT2D eigenvalue weighted by molar-refractivity contribution is -0.119. The standard InChI is InChI=1S/C24H21N3O4/c1-31-15-23(29)26-17-8-6-7-16(13-17)25-22(28)14-27-20-11-4-2-9-18(20)24(30)19-10-3-5-12-21(19)27/h2-13H,14-15H2,1H3,(H,25,28)(H,26,29). The third-order valence-electron chi connectivity index (χ3n) is 4.89. The highest BCUT2D eigenvalue weighted by Gasteiger charge is 2.13. The van der Waals surface area contributed by atoms with Gasteiger partial charge in [-0.25, -0.2) is 0 Å². The molecule has 3 aromatic carbocycles. The van der Waals surface area contributed by atoms with Crippen LogP contribution in [0.2, 0.25) is 0 Å². The van der Waals surface area contributed by atoms with Gasteiger partial charge in [-0.1, -0.05) is 30.3 Å². The van der Waals surface area contributed by atoms with E-state index in [0.717, 1.165) is 0 Å². The number of nitrogens with zero attached hydrogens (tertiary/aromatic N) is 1. The van der Waals surface area contributed by atoms with Gasteiger partial charge in [0.2, 0.25) is 11.8 Å². The van der Waals surface area contributed by atoms with Gasteiger partial charge in [0.1, 0.15) is 13.2 Å². The molecule has 4 aromatic rings. The molecule has 0 saturated heterocycles. The molecule has 0 unspecified atom stereocenters. The molecule has 31 heavy (non-hydrogen) atoms. The van der Waals surface area contributed by atoms with Gasteiger partial charge in [0.25, 0.3) is 0 Å². The van der Waals surface area contributed by atoms with E-state index in [-0.39, 0.29) is 30.4 Å². The van der Waals surface area contributed by atoms with Crippen molar-refractivity contribution in [2.75, 3.05) is 24.4 Å². The lowest BCUT2D eigenvalue weighted by Gasteiger charge is -2.15. The van der Waals surface area contributed by atoms with E-state index in [0.29, 0.717) is 33.2 Å². The second-order valence-electron chi connectivity index (χ2n) is 7.06. The first-order valence-electron chi connectivity index (χ1n) is 9.76. The fourth-order valence-corrected chi connectivity index (χ4v) is 3.59. The summed E-state index contributed by atoms with van der Waals surface area (Å²) in [6.07, 6.45) is 0. The Hall–Kier alpha value is -3.97. The van der Waals surface area contributed by atoms with Crippen LogP contribution < -0.4 is 16.1 Å². The molecule has 0 bridgehead atoms. The van der Waals surface area contributed by atoms with Crippen LogP contribution in [0.3, 0.4) is 0 Å². The van der Waals surface area contributed by atoms with Crippen LogP contribution in [0.1, 0.15) is 0 Å². The Morgan fingerprint density at radius 3 is 1.94 bits per heavy atom. The quantitative estimate of drug-likeness (QED) is 0.473. The first kappa shape index (κ1) is 20.3. The number of amides is 2. The number of methoxy groups -OCH3 is 1. The van der Waals surface area contributed by atoms with E-state index < -0.39 is 0 Å². The van der Waals surface area contributed by atoms with Gasteiger partial charge in [-0.15, -0.1) is 0 Å². The fourth-order valence-electron chi connectivity index (χ4n) is 3.59. The van der Waals surface area contributed by atoms with Crippen molar-refractivity contribution in [1.29, 1.82) is 0 Å². The Labute approximate surface area is 178 Å². The number of pyridine rings is 1. The normalized spacial score (nSPS) is 10.9. The molecule has 0 radical (unpaired) electrons. The Balaban J connectivity index is 1.63. The highest BCUT2D eigenvalue weighted by Crippen LogP contribution is 2.20. The molecule has 7 nitrogen and oxygen atoms in total. The van der Waals surface area contributed by atoms with Gasteiger partial charge < -0.3 is 19.9 Å². The van der Waals surface area contributed by atoms with E-state index in [9.17, 15) is 14.4 Å². The van der Waals surface area contributed by atoms with E-state index >= 15 is 0 Å². The predicted molar refractivity (Wildman–Crippen MR) is 121 cm³/mol. The number of aromatic nitrogens is 1. The zero-order valence-corrected chi connectivity index (χ0v) is 16.9. The van der Waals surface area contributed by atoms with Crippen molar-refractivity contribution in [3.63, 3.8) is 0 Å². The molecule has 2 amide bonds. The van der Waals surface area contributed by atoms with E-state index in [1.165, 1.54) is 7.11 Å². The molecule has 0 fully saturated rings. The van der Waals surface area contributed by atoms with Gasteiger partial charge in [0.05, 0.1) is 11.0 Å². The summed E-state index contributed by atoms with van der Waals surface area (Å²) in [6, 6.07) is 21.4. The molecule has 7 heteroatoms. The lowest BCUT2D eigenvalue weighted by Crippen LogP contribution is -2.22. The van der Waals surface area contributed by atoms with E-state index in [1.54, 1.807) is 36.4 Å². The molecule has 1 aromatic heterocycles. The van der Waals surface area contributed by atoms with Crippen molar-refractivity contribution in [2.24, 2.45) is 0 Å². The zero-order chi connectivity index (χ0) is 21.8. The molecular formula is C24H21N3O4. The summed E-state index contributed by atoms with van der Waals surface area (Å²) < 4.78 is 6.65. The van der Waals surface area contributed by atoms with Gasteiger partial charge >= 0.3 is 0 Å². The number of rotatable bonds is 6. The minimum Gasteiger partial charge on any atom is -0.375 e. The van der Waals surface area contributed by atoms with Crippen molar-refractivity contribution in [2.45, 2.75) is 6.54 Å². The summed E-state index contributed by atoms with van der Waals surface area (Å²) in [6.45, 7) is -0.0232. The van der Waals surface area contributed by atoms with Gasteiger partial charge in [0, 0.05) is 29.3 Å². The number of carbonyl (C=O) groups is 2. The highest BCUT2D eigenvalue weighted by atomic mass is 16.5. The van der Waals surface area contributed by atoms with Crippen molar-refractivity contribution in [3.05, 3.63) is 83.0 Å². The van der Waals surface area contributed by atoms with Crippen molar-refractivity contribution >= 4 is 45.0 Å². The smallest absolute Gasteiger partial charge is 0.250 e. The number of carbonyl (C=O) groups excluding carboxylic acids is 2. The van der Waals surface area contributed by atoms with Crippen LogP contribution in [0, 0.1) is 0 Å². The minimum atomic E-state index is -0.280. The SMILES string of the molecule is COCC(=O)Nc1cccc(NC(=O)Cn2c3ccccc3c(=O)c3ccccc32)c1. The third-order valence-corrected chi connectivity index (χ3v) is 4.89. The second-order valence-corrected chi connectivity index (χ2v) is 7.06. The van der Waals surface area contributed by atoms with Crippen molar-refractivity contribution < 1.29 is 14.3 Å². The third kappa shape index (κ3) is 4.31. The second kappa shape index (κ2) is 8.81. The largest absolute Gasteiger partial charge is 0.375 e. The van der Waals surface area contributed by atoms with Crippen LogP contribution in [-0.4, -0.2) is 30.1 Å². The Kier molecular flexibility index (Phi) is 5.77. The summed E-state index contributed by atoms with van der Waals surface area (Å²) >= 11 is 0. The molecule has 0 aliphatic heterocycles. The van der Waals surface area contributed by atoms with Crippen LogP contribution >= 0.6 is 0 Å². The van der Waals surface area contributed by atoms with Crippen LogP contribution in [0.25, 0.3) is 21.8 Å². The van der Waals surface area contributed by atoms with E-state index in [1.807, 2.05) is 41.0 Å². The molecule has 0 spiro atoms. The van der Waals surface area contributed by atoms with Crippen LogP contribution in [0.15, 0.2) is 77.6 Å². The van der Waals surface area contributed by atoms with Gasteiger partial charge in [0.15, 0.2) is 5.43 Å². The van der Waals surface area contributed by atoms with Crippen LogP contribution in [-0.2, 0) is 20.9 Å². The lowest BCUT2D eigenvalue weighted by atomic mass is 10.1. The van der Waals surface area contributed by atoms with Gasteiger partial charge in [-0.05, 0) is 42.5 Å². The Morgan fingerprint density at radius 2 is 1.35 bits per heavy atom. The summed E-state index contributed by atoms with van der Waals surface area (Å²) in [4.78, 5) is 37.4. The van der Waals surface area contributed by atoms with E-state index in [4.69, 9.17) is 4.74 Å². The van der Waals surface area contributed by atoms with Crippen LogP contribution in [0.4, 0.5) is 11.4 Å². The highest BCUT2D eigenvalue weighted by molar-refractivity contribution is 5.98. The van der Waals surface area contributed by atoms with E-state index in [2.05, 4.69) is 10.6 Å². The number of fused-ring (bicyclic) bond motifs is 2. The number of ether oxygens (including phenoxy) is 1. The number of anilines is 2. The maximum atomic E-state index is 12.9. The predicted octanol–water partition coefficient (Wildman–Crippen LogP) is 3.38. The monoisotopic (exact) mass is 415 g/mol. The number of hydrogen-bond donors (Lipinski definition) is 2. The molecule has 156 valence electrons. The van der Waals surface area contributed by atoms with Gasteiger partial charge in [-0.2, -0.15) is 0 Å². The topological polar surface area (TPSA) is 89.4 Å². The molecule has 0 atom stereocenters. The van der Waals surface area contributed by atoms with Crippen molar-refractivity contribution in [3.8, 4) is 0 Å². The molecule has 2 N–H and O–H groups in total. The fraction of sp³-hybridized carbons (Fsp3) is 0.125. The molecule has 1 heterocycles.